The van der Waals surface area contributed by atoms with Gasteiger partial charge in [-0.05, 0) is 19.3 Å². The Kier molecular flexibility index (Phi) is 4.15. The molecule has 0 aromatic rings. The summed E-state index contributed by atoms with van der Waals surface area (Å²) < 4.78 is 22.8. The predicted molar refractivity (Wildman–Crippen MR) is 77.5 cm³/mol. The molecule has 1 amide bonds. The molecular weight excluding hydrogens is 284 g/mol. The fourth-order valence-corrected chi connectivity index (χ4v) is 4.92. The van der Waals surface area contributed by atoms with Crippen LogP contribution in [0.25, 0.3) is 0 Å². The largest absolute Gasteiger partial charge is 0.391 e. The lowest BCUT2D eigenvalue weighted by molar-refractivity contribution is -0.125. The van der Waals surface area contributed by atoms with E-state index in [0.717, 1.165) is 32.1 Å². The molecule has 0 radical (unpaired) electrons. The first-order valence-corrected chi connectivity index (χ1v) is 8.90. The Bertz CT molecular complexity index is 481. The van der Waals surface area contributed by atoms with Gasteiger partial charge in [-0.2, -0.15) is 0 Å². The van der Waals surface area contributed by atoms with E-state index in [0.29, 0.717) is 11.4 Å². The van der Waals surface area contributed by atoms with Gasteiger partial charge in [-0.3, -0.25) is 4.79 Å². The second-order valence-electron chi connectivity index (χ2n) is 5.60. The third-order valence-corrected chi connectivity index (χ3v) is 6.30. The summed E-state index contributed by atoms with van der Waals surface area (Å²) in [5, 5.41) is 2.94. The lowest BCUT2D eigenvalue weighted by atomic mass is 9.81. The number of hydrogen-bond acceptors (Lipinski definition) is 4. The minimum Gasteiger partial charge on any atom is -0.391 e. The highest BCUT2D eigenvalue weighted by atomic mass is 32.2. The van der Waals surface area contributed by atoms with Crippen LogP contribution in [0.3, 0.4) is 0 Å². The SMILES string of the molecule is NC(=S)C1(NC(=O)C2CCS(=O)(=O)C2)CCCCC1. The van der Waals surface area contributed by atoms with Gasteiger partial charge in [-0.1, -0.05) is 31.5 Å². The zero-order valence-electron chi connectivity index (χ0n) is 10.9. The Hall–Kier alpha value is -0.690. The highest BCUT2D eigenvalue weighted by Gasteiger charge is 2.40. The number of amides is 1. The quantitative estimate of drug-likeness (QED) is 0.742. The van der Waals surface area contributed by atoms with Crippen molar-refractivity contribution in [3.05, 3.63) is 0 Å². The van der Waals surface area contributed by atoms with Gasteiger partial charge in [0.25, 0.3) is 0 Å². The van der Waals surface area contributed by atoms with Crippen LogP contribution in [-0.2, 0) is 14.6 Å². The molecule has 0 aromatic carbocycles. The third-order valence-electron chi connectivity index (χ3n) is 4.14. The van der Waals surface area contributed by atoms with Crippen LogP contribution in [0.1, 0.15) is 38.5 Å². The number of sulfone groups is 1. The molecule has 1 aliphatic heterocycles. The van der Waals surface area contributed by atoms with E-state index < -0.39 is 21.3 Å². The van der Waals surface area contributed by atoms with E-state index >= 15 is 0 Å². The number of carbonyl (C=O) groups excluding carboxylic acids is 1. The fraction of sp³-hybridized carbons (Fsp3) is 0.833. The van der Waals surface area contributed by atoms with E-state index in [1.165, 1.54) is 0 Å². The first kappa shape index (κ1) is 14.7. The molecule has 1 unspecified atom stereocenters. The van der Waals surface area contributed by atoms with Crippen molar-refractivity contribution in [2.45, 2.75) is 44.1 Å². The average Bonchev–Trinajstić information content (AvgIpc) is 2.71. The van der Waals surface area contributed by atoms with Crippen LogP contribution in [-0.4, -0.2) is 36.4 Å². The lowest BCUT2D eigenvalue weighted by Gasteiger charge is -2.37. The normalized spacial score (nSPS) is 28.7. The van der Waals surface area contributed by atoms with Gasteiger partial charge < -0.3 is 11.1 Å². The molecule has 0 aromatic heterocycles. The monoisotopic (exact) mass is 304 g/mol. The van der Waals surface area contributed by atoms with Crippen LogP contribution < -0.4 is 11.1 Å². The molecule has 3 N–H and O–H groups in total. The van der Waals surface area contributed by atoms with Gasteiger partial charge in [0.1, 0.15) is 0 Å². The van der Waals surface area contributed by atoms with Crippen LogP contribution in [0.4, 0.5) is 0 Å². The first-order chi connectivity index (χ1) is 8.85. The second-order valence-corrected chi connectivity index (χ2v) is 8.26. The highest BCUT2D eigenvalue weighted by molar-refractivity contribution is 7.91. The summed E-state index contributed by atoms with van der Waals surface area (Å²) >= 11 is 5.11. The molecule has 1 heterocycles. The van der Waals surface area contributed by atoms with Gasteiger partial charge in [0.2, 0.25) is 5.91 Å². The number of thiocarbonyl (C=S) groups is 1. The summed E-state index contributed by atoms with van der Waals surface area (Å²) in [5.74, 6) is -0.605. The van der Waals surface area contributed by atoms with Crippen molar-refractivity contribution in [3.63, 3.8) is 0 Å². The average molecular weight is 304 g/mol. The topological polar surface area (TPSA) is 89.3 Å². The van der Waals surface area contributed by atoms with Gasteiger partial charge in [0, 0.05) is 0 Å². The summed E-state index contributed by atoms with van der Waals surface area (Å²) in [6.07, 6.45) is 5.02. The predicted octanol–water partition coefficient (Wildman–Crippen LogP) is 0.526. The number of nitrogens with one attached hydrogen (secondary N) is 1. The molecule has 1 saturated heterocycles. The Morgan fingerprint density at radius 1 is 1.26 bits per heavy atom. The summed E-state index contributed by atoms with van der Waals surface area (Å²) in [5.41, 5.74) is 5.20. The van der Waals surface area contributed by atoms with Crippen molar-refractivity contribution in [1.29, 1.82) is 0 Å². The molecule has 1 aliphatic carbocycles. The van der Waals surface area contributed by atoms with Crippen molar-refractivity contribution in [1.82, 2.24) is 5.32 Å². The van der Waals surface area contributed by atoms with Gasteiger partial charge >= 0.3 is 0 Å². The van der Waals surface area contributed by atoms with Crippen molar-refractivity contribution in [3.8, 4) is 0 Å². The maximum absolute atomic E-state index is 12.2. The smallest absolute Gasteiger partial charge is 0.224 e. The Labute approximate surface area is 119 Å². The Morgan fingerprint density at radius 2 is 1.89 bits per heavy atom. The maximum atomic E-state index is 12.2. The number of rotatable bonds is 3. The van der Waals surface area contributed by atoms with Crippen LogP contribution in [0.15, 0.2) is 0 Å². The van der Waals surface area contributed by atoms with E-state index in [1.807, 2.05) is 0 Å². The van der Waals surface area contributed by atoms with E-state index in [4.69, 9.17) is 18.0 Å². The molecule has 108 valence electrons. The van der Waals surface area contributed by atoms with E-state index in [1.54, 1.807) is 0 Å². The third kappa shape index (κ3) is 3.25. The Morgan fingerprint density at radius 3 is 2.37 bits per heavy atom. The first-order valence-electron chi connectivity index (χ1n) is 6.67. The van der Waals surface area contributed by atoms with E-state index in [-0.39, 0.29) is 17.4 Å². The fourth-order valence-electron chi connectivity index (χ4n) is 2.93. The molecule has 2 aliphatic rings. The van der Waals surface area contributed by atoms with Gasteiger partial charge in [-0.25, -0.2) is 8.42 Å². The molecule has 0 spiro atoms. The molecule has 5 nitrogen and oxygen atoms in total. The van der Waals surface area contributed by atoms with Crippen LogP contribution in [0, 0.1) is 5.92 Å². The molecule has 1 atom stereocenters. The van der Waals surface area contributed by atoms with Gasteiger partial charge in [-0.15, -0.1) is 0 Å². The molecule has 2 fully saturated rings. The van der Waals surface area contributed by atoms with Crippen molar-refractivity contribution >= 4 is 33.0 Å². The minimum atomic E-state index is -3.05. The van der Waals surface area contributed by atoms with E-state index in [2.05, 4.69) is 5.32 Å². The number of hydrogen-bond donors (Lipinski definition) is 2. The zero-order chi connectivity index (χ0) is 14.1. The minimum absolute atomic E-state index is 0.0494. The summed E-state index contributed by atoms with van der Waals surface area (Å²) in [6.45, 7) is 0. The molecule has 19 heavy (non-hydrogen) atoms. The van der Waals surface area contributed by atoms with Crippen molar-refractivity contribution in [2.75, 3.05) is 11.5 Å². The van der Waals surface area contributed by atoms with Crippen LogP contribution in [0.2, 0.25) is 0 Å². The standard InChI is InChI=1S/C12H20N2O3S2/c13-11(18)12(5-2-1-3-6-12)14-10(15)9-4-7-19(16,17)8-9/h9H,1-8H2,(H2,13,18)(H,14,15). The second kappa shape index (κ2) is 5.36. The number of nitrogens with two attached hydrogens (primary N) is 1. The molecule has 0 bridgehead atoms. The van der Waals surface area contributed by atoms with Gasteiger partial charge in [0.05, 0.1) is 28.0 Å². The van der Waals surface area contributed by atoms with E-state index in [9.17, 15) is 13.2 Å². The molecule has 7 heteroatoms. The summed E-state index contributed by atoms with van der Waals surface area (Å²) in [7, 11) is -3.05. The molecular formula is C12H20N2O3S2. The van der Waals surface area contributed by atoms with Crippen LogP contribution >= 0.6 is 12.2 Å². The summed E-state index contributed by atoms with van der Waals surface area (Å²) in [6, 6.07) is 0. The highest BCUT2D eigenvalue weighted by Crippen LogP contribution is 2.30. The van der Waals surface area contributed by atoms with Crippen molar-refractivity contribution in [2.24, 2.45) is 11.7 Å². The lowest BCUT2D eigenvalue weighted by Crippen LogP contribution is -2.58. The number of carbonyl (C=O) groups is 1. The van der Waals surface area contributed by atoms with Crippen LogP contribution in [0.5, 0.6) is 0 Å². The van der Waals surface area contributed by atoms with Crippen molar-refractivity contribution < 1.29 is 13.2 Å². The molecule has 1 saturated carbocycles. The Balaban J connectivity index is 2.06. The summed E-state index contributed by atoms with van der Waals surface area (Å²) in [4.78, 5) is 12.5. The molecule has 2 rings (SSSR count). The zero-order valence-corrected chi connectivity index (χ0v) is 12.5. The van der Waals surface area contributed by atoms with Gasteiger partial charge in [0.15, 0.2) is 9.84 Å². The maximum Gasteiger partial charge on any atom is 0.224 e.